The largest absolute Gasteiger partial charge is 0.305 e. The molecule has 2 aromatic rings. The van der Waals surface area contributed by atoms with Gasteiger partial charge in [0.15, 0.2) is 0 Å². The van der Waals surface area contributed by atoms with E-state index in [9.17, 15) is 4.39 Å². The molecule has 0 aliphatic heterocycles. The normalized spacial score (nSPS) is 12.7. The van der Waals surface area contributed by atoms with Crippen LogP contribution in [-0.2, 0) is 7.05 Å². The molecule has 2 rings (SSSR count). The van der Waals surface area contributed by atoms with Crippen molar-refractivity contribution in [3.63, 3.8) is 0 Å². The molecule has 0 aliphatic carbocycles. The summed E-state index contributed by atoms with van der Waals surface area (Å²) in [5.74, 6) is -0.189. The van der Waals surface area contributed by atoms with Crippen molar-refractivity contribution < 1.29 is 4.39 Å². The Bertz CT molecular complexity index is 536. The summed E-state index contributed by atoms with van der Waals surface area (Å²) in [5, 5.41) is 11.1. The van der Waals surface area contributed by atoms with E-state index in [-0.39, 0.29) is 11.9 Å². The predicted molar refractivity (Wildman–Crippen MR) is 67.7 cm³/mol. The highest BCUT2D eigenvalue weighted by Crippen LogP contribution is 2.22. The second kappa shape index (κ2) is 5.27. The predicted octanol–water partition coefficient (Wildman–Crippen LogP) is 1.96. The van der Waals surface area contributed by atoms with Gasteiger partial charge in [0.25, 0.3) is 0 Å². The molecular formula is C13H17FN4. The summed E-state index contributed by atoms with van der Waals surface area (Å²) in [5.41, 5.74) is 2.45. The van der Waals surface area contributed by atoms with E-state index in [2.05, 4.69) is 15.6 Å². The highest BCUT2D eigenvalue weighted by molar-refractivity contribution is 5.30. The lowest BCUT2D eigenvalue weighted by atomic mass is 10.0. The maximum Gasteiger partial charge on any atom is 0.126 e. The Labute approximate surface area is 106 Å². The summed E-state index contributed by atoms with van der Waals surface area (Å²) in [7, 11) is 1.83. The Balaban J connectivity index is 2.41. The molecule has 0 fully saturated rings. The molecule has 0 saturated carbocycles. The van der Waals surface area contributed by atoms with Crippen molar-refractivity contribution in [2.24, 2.45) is 7.05 Å². The van der Waals surface area contributed by atoms with E-state index in [4.69, 9.17) is 0 Å². The van der Waals surface area contributed by atoms with Crippen LogP contribution >= 0.6 is 0 Å². The minimum absolute atomic E-state index is 0.0925. The van der Waals surface area contributed by atoms with Crippen molar-refractivity contribution in [2.75, 3.05) is 6.54 Å². The van der Waals surface area contributed by atoms with E-state index >= 15 is 0 Å². The lowest BCUT2D eigenvalue weighted by Gasteiger charge is -2.18. The number of benzene rings is 1. The SMILES string of the molecule is CCNC(c1ccc(C)c(F)c1)c1cnnn1C. The molecule has 0 amide bonds. The third-order valence-corrected chi connectivity index (χ3v) is 2.98. The Kier molecular flexibility index (Phi) is 3.72. The lowest BCUT2D eigenvalue weighted by Crippen LogP contribution is -2.24. The van der Waals surface area contributed by atoms with Gasteiger partial charge < -0.3 is 5.32 Å². The molecule has 0 radical (unpaired) electrons. The molecular weight excluding hydrogens is 231 g/mol. The van der Waals surface area contributed by atoms with Crippen molar-refractivity contribution in [3.05, 3.63) is 47.0 Å². The van der Waals surface area contributed by atoms with Crippen LogP contribution in [-0.4, -0.2) is 21.5 Å². The van der Waals surface area contributed by atoms with Crippen LogP contribution in [0.2, 0.25) is 0 Å². The third-order valence-electron chi connectivity index (χ3n) is 2.98. The van der Waals surface area contributed by atoms with Crippen molar-refractivity contribution in [2.45, 2.75) is 19.9 Å². The van der Waals surface area contributed by atoms with Crippen molar-refractivity contribution >= 4 is 0 Å². The molecule has 4 nitrogen and oxygen atoms in total. The number of nitrogens with one attached hydrogen (secondary N) is 1. The average molecular weight is 248 g/mol. The van der Waals surface area contributed by atoms with E-state index in [0.29, 0.717) is 5.56 Å². The number of halogens is 1. The number of aromatic nitrogens is 3. The highest BCUT2D eigenvalue weighted by Gasteiger charge is 2.17. The first-order valence-corrected chi connectivity index (χ1v) is 5.97. The zero-order valence-electron chi connectivity index (χ0n) is 10.8. The second-order valence-corrected chi connectivity index (χ2v) is 4.28. The smallest absolute Gasteiger partial charge is 0.126 e. The first-order valence-electron chi connectivity index (χ1n) is 5.97. The van der Waals surface area contributed by atoms with Gasteiger partial charge in [-0.05, 0) is 30.7 Å². The zero-order chi connectivity index (χ0) is 13.1. The Morgan fingerprint density at radius 2 is 2.22 bits per heavy atom. The average Bonchev–Trinajstić information content (AvgIpc) is 2.76. The lowest BCUT2D eigenvalue weighted by molar-refractivity contribution is 0.560. The van der Waals surface area contributed by atoms with Crippen LogP contribution in [0, 0.1) is 12.7 Å². The summed E-state index contributed by atoms with van der Waals surface area (Å²) in [6.07, 6.45) is 1.70. The molecule has 96 valence electrons. The minimum Gasteiger partial charge on any atom is -0.305 e. The van der Waals surface area contributed by atoms with Crippen molar-refractivity contribution in [3.8, 4) is 0 Å². The molecule has 1 N–H and O–H groups in total. The van der Waals surface area contributed by atoms with Gasteiger partial charge in [0.1, 0.15) is 5.82 Å². The second-order valence-electron chi connectivity index (χ2n) is 4.28. The first kappa shape index (κ1) is 12.7. The number of rotatable bonds is 4. The highest BCUT2D eigenvalue weighted by atomic mass is 19.1. The monoisotopic (exact) mass is 248 g/mol. The zero-order valence-corrected chi connectivity index (χ0v) is 10.8. The molecule has 1 atom stereocenters. The molecule has 0 bridgehead atoms. The van der Waals surface area contributed by atoms with Crippen LogP contribution in [0.15, 0.2) is 24.4 Å². The van der Waals surface area contributed by atoms with Crippen molar-refractivity contribution in [1.29, 1.82) is 0 Å². The van der Waals surface area contributed by atoms with Crippen LogP contribution < -0.4 is 5.32 Å². The standard InChI is InChI=1S/C13H17FN4/c1-4-15-13(12-8-16-17-18(12)3)10-6-5-9(2)11(14)7-10/h5-8,13,15H,4H2,1-3H3. The molecule has 5 heteroatoms. The maximum atomic E-state index is 13.7. The molecule has 1 heterocycles. The fraction of sp³-hybridized carbons (Fsp3) is 0.385. The summed E-state index contributed by atoms with van der Waals surface area (Å²) in [6.45, 7) is 4.56. The van der Waals surface area contributed by atoms with Crippen LogP contribution in [0.1, 0.15) is 29.8 Å². The van der Waals surface area contributed by atoms with Crippen LogP contribution in [0.4, 0.5) is 4.39 Å². The molecule has 1 aromatic heterocycles. The van der Waals surface area contributed by atoms with E-state index in [1.807, 2.05) is 20.0 Å². The van der Waals surface area contributed by atoms with Crippen molar-refractivity contribution in [1.82, 2.24) is 20.3 Å². The maximum absolute atomic E-state index is 13.7. The van der Waals surface area contributed by atoms with Gasteiger partial charge in [-0.2, -0.15) is 0 Å². The molecule has 0 aliphatic rings. The van der Waals surface area contributed by atoms with E-state index in [1.165, 1.54) is 0 Å². The van der Waals surface area contributed by atoms with Crippen LogP contribution in [0.5, 0.6) is 0 Å². The van der Waals surface area contributed by atoms with Gasteiger partial charge in [-0.15, -0.1) is 5.10 Å². The van der Waals surface area contributed by atoms with Gasteiger partial charge >= 0.3 is 0 Å². The van der Waals surface area contributed by atoms with Gasteiger partial charge in [0.05, 0.1) is 17.9 Å². The molecule has 0 saturated heterocycles. The minimum atomic E-state index is -0.189. The van der Waals surface area contributed by atoms with E-state index in [0.717, 1.165) is 17.8 Å². The van der Waals surface area contributed by atoms with Gasteiger partial charge in [-0.3, -0.25) is 4.68 Å². The fourth-order valence-electron chi connectivity index (χ4n) is 1.94. The summed E-state index contributed by atoms with van der Waals surface area (Å²) >= 11 is 0. The molecule has 0 spiro atoms. The van der Waals surface area contributed by atoms with Crippen LogP contribution in [0.3, 0.4) is 0 Å². The number of hydrogen-bond donors (Lipinski definition) is 1. The van der Waals surface area contributed by atoms with E-state index in [1.54, 1.807) is 29.9 Å². The third kappa shape index (κ3) is 2.41. The Morgan fingerprint density at radius 3 is 2.78 bits per heavy atom. The van der Waals surface area contributed by atoms with E-state index < -0.39 is 0 Å². The van der Waals surface area contributed by atoms with Gasteiger partial charge in [-0.1, -0.05) is 24.3 Å². The molecule has 18 heavy (non-hydrogen) atoms. The number of hydrogen-bond acceptors (Lipinski definition) is 3. The van der Waals surface area contributed by atoms with Gasteiger partial charge in [0.2, 0.25) is 0 Å². The Hall–Kier alpha value is -1.75. The van der Waals surface area contributed by atoms with Gasteiger partial charge in [-0.25, -0.2) is 4.39 Å². The fourth-order valence-corrected chi connectivity index (χ4v) is 1.94. The Morgan fingerprint density at radius 1 is 1.44 bits per heavy atom. The summed E-state index contributed by atoms with van der Waals surface area (Å²) < 4.78 is 15.4. The van der Waals surface area contributed by atoms with Gasteiger partial charge in [0, 0.05) is 7.05 Å². The van der Waals surface area contributed by atoms with Crippen LogP contribution in [0.25, 0.3) is 0 Å². The topological polar surface area (TPSA) is 42.7 Å². The first-order chi connectivity index (χ1) is 8.63. The molecule has 1 aromatic carbocycles. The summed E-state index contributed by atoms with van der Waals surface area (Å²) in [4.78, 5) is 0. The summed E-state index contributed by atoms with van der Waals surface area (Å²) in [6, 6.07) is 5.19. The number of nitrogens with zero attached hydrogens (tertiary/aromatic N) is 3. The molecule has 1 unspecified atom stereocenters. The number of aryl methyl sites for hydroxylation is 2. The quantitative estimate of drug-likeness (QED) is 0.899.